The summed E-state index contributed by atoms with van der Waals surface area (Å²) in [6, 6.07) is 60.3. The number of hydrogen-bond donors (Lipinski definition) is 0. The molecule has 0 unspecified atom stereocenters. The third kappa shape index (κ3) is 8.89. The number of pyridine rings is 2. The second-order valence-corrected chi connectivity index (χ2v) is 21.5. The van der Waals surface area contributed by atoms with Crippen molar-refractivity contribution < 1.29 is 9.31 Å². The van der Waals surface area contributed by atoms with E-state index < -0.39 is 0 Å². The predicted octanol–water partition coefficient (Wildman–Crippen LogP) is 13.6. The summed E-state index contributed by atoms with van der Waals surface area (Å²) < 4.78 is 12.5. The van der Waals surface area contributed by atoms with E-state index in [2.05, 4.69) is 159 Å². The van der Waals surface area contributed by atoms with Gasteiger partial charge in [-0.25, -0.2) is 0 Å². The summed E-state index contributed by atoms with van der Waals surface area (Å²) in [5, 5.41) is 0.717. The molecule has 2 spiro atoms. The molecule has 68 heavy (non-hydrogen) atoms. The van der Waals surface area contributed by atoms with Crippen LogP contribution in [0, 0.1) is 10.8 Å². The lowest BCUT2D eigenvalue weighted by molar-refractivity contribution is 0.00578. The summed E-state index contributed by atoms with van der Waals surface area (Å²) in [6.45, 7) is 8.46. The molecule has 4 nitrogen and oxygen atoms in total. The van der Waals surface area contributed by atoms with E-state index in [0.29, 0.717) is 15.9 Å². The zero-order chi connectivity index (χ0) is 46.5. The Balaban J connectivity index is 0.000000120. The van der Waals surface area contributed by atoms with E-state index in [1.54, 1.807) is 40.1 Å². The zero-order valence-electron chi connectivity index (χ0n) is 39.6. The molecule has 4 aliphatic carbocycles. The van der Waals surface area contributed by atoms with Crippen molar-refractivity contribution in [1.82, 2.24) is 9.97 Å². The molecular formula is C62H58BClN2O2. The maximum absolute atomic E-state index is 6.26. The molecule has 5 aliphatic rings. The van der Waals surface area contributed by atoms with Gasteiger partial charge < -0.3 is 9.31 Å². The lowest BCUT2D eigenvalue weighted by Gasteiger charge is -2.32. The lowest BCUT2D eigenvalue weighted by Crippen LogP contribution is -2.41. The molecule has 6 aromatic carbocycles. The summed E-state index contributed by atoms with van der Waals surface area (Å²) in [5.74, 6) is 0. The maximum Gasteiger partial charge on any atom is 0.494 e. The van der Waals surface area contributed by atoms with Gasteiger partial charge in [0.2, 0.25) is 0 Å². The van der Waals surface area contributed by atoms with Crippen molar-refractivity contribution in [3.63, 3.8) is 0 Å². The van der Waals surface area contributed by atoms with Crippen LogP contribution in [-0.2, 0) is 60.7 Å². The Bertz CT molecular complexity index is 3060. The second kappa shape index (κ2) is 17.8. The van der Waals surface area contributed by atoms with E-state index in [1.165, 1.54) is 79.2 Å². The molecule has 13 rings (SSSR count). The molecule has 3 heterocycles. The summed E-state index contributed by atoms with van der Waals surface area (Å²) >= 11 is 5.85. The second-order valence-electron chi connectivity index (χ2n) is 21.1. The lowest BCUT2D eigenvalue weighted by atomic mass is 9.77. The largest absolute Gasteiger partial charge is 0.494 e. The molecule has 0 N–H and O–H groups in total. The maximum atomic E-state index is 6.26. The van der Waals surface area contributed by atoms with Gasteiger partial charge in [0.1, 0.15) is 0 Å². The first-order valence-corrected chi connectivity index (χ1v) is 24.7. The van der Waals surface area contributed by atoms with E-state index in [-0.39, 0.29) is 18.3 Å². The fourth-order valence-electron chi connectivity index (χ4n) is 11.6. The standard InChI is InChI=1S/C28H23N.C23H27BO2.C11H8ClN/c1-2-6-20(7-3-1)27-15-22(12-13-29-27)21-10-11-25-18-28(19-26(25)14-21)16-23-8-4-5-9-24(23)17-28;1-21(2)22(3,4)26-24(25-21)20-10-9-18-14-23(15-19(18)11-20)12-16-7-5-6-8-17(16)13-23;12-10-6-7-13-11(8-10)9-4-2-1-3-5-9/h1-15H,16-19H2;5-11H,12-15H2,1-4H3;1-8H. The third-order valence-electron chi connectivity index (χ3n) is 15.7. The number of aromatic nitrogens is 2. The molecule has 0 amide bonds. The smallest absolute Gasteiger partial charge is 0.399 e. The van der Waals surface area contributed by atoms with Crippen LogP contribution in [-0.4, -0.2) is 28.3 Å². The first kappa shape index (κ1) is 44.4. The van der Waals surface area contributed by atoms with Gasteiger partial charge in [-0.3, -0.25) is 9.97 Å². The van der Waals surface area contributed by atoms with Gasteiger partial charge in [-0.1, -0.05) is 157 Å². The van der Waals surface area contributed by atoms with Crippen molar-refractivity contribution in [2.75, 3.05) is 0 Å². The Labute approximate surface area is 408 Å². The van der Waals surface area contributed by atoms with Crippen molar-refractivity contribution in [2.45, 2.75) is 90.3 Å². The van der Waals surface area contributed by atoms with Crippen LogP contribution in [0.25, 0.3) is 33.6 Å². The van der Waals surface area contributed by atoms with E-state index in [0.717, 1.165) is 28.0 Å². The highest BCUT2D eigenvalue weighted by Crippen LogP contribution is 2.49. The number of fused-ring (bicyclic) bond motifs is 4. The zero-order valence-corrected chi connectivity index (χ0v) is 40.4. The van der Waals surface area contributed by atoms with Crippen LogP contribution in [0.3, 0.4) is 0 Å². The van der Waals surface area contributed by atoms with E-state index >= 15 is 0 Å². The highest BCUT2D eigenvalue weighted by atomic mass is 35.5. The fraction of sp³-hybridized carbons (Fsp3) is 0.258. The summed E-state index contributed by atoms with van der Waals surface area (Å²) in [5.41, 5.74) is 20.4. The van der Waals surface area contributed by atoms with Crippen molar-refractivity contribution >= 4 is 24.2 Å². The Kier molecular flexibility index (Phi) is 11.6. The van der Waals surface area contributed by atoms with Crippen molar-refractivity contribution in [2.24, 2.45) is 10.8 Å². The van der Waals surface area contributed by atoms with Crippen LogP contribution in [0.2, 0.25) is 5.02 Å². The summed E-state index contributed by atoms with van der Waals surface area (Å²) in [6.07, 6.45) is 13.3. The van der Waals surface area contributed by atoms with Gasteiger partial charge in [0.05, 0.1) is 22.6 Å². The number of rotatable bonds is 4. The SMILES string of the molecule is CC1(C)OB(c2ccc3c(c2)CC2(Cc4ccccc4C2)C3)OC1(C)C.Clc1ccnc(-c2ccccc2)c1.c1ccc(-c2cc(-c3ccc4c(c3)CC3(Cc5ccccc5C3)C4)ccn2)cc1. The normalized spacial score (nSPS) is 17.9. The van der Waals surface area contributed by atoms with Crippen LogP contribution < -0.4 is 5.46 Å². The van der Waals surface area contributed by atoms with Crippen LogP contribution >= 0.6 is 11.6 Å². The minimum atomic E-state index is -0.287. The van der Waals surface area contributed by atoms with Crippen LogP contribution in [0.5, 0.6) is 0 Å². The van der Waals surface area contributed by atoms with E-state index in [1.807, 2.05) is 48.7 Å². The molecule has 6 heteroatoms. The minimum absolute atomic E-state index is 0.261. The van der Waals surface area contributed by atoms with Crippen molar-refractivity contribution in [3.8, 4) is 33.6 Å². The number of halogens is 1. The first-order chi connectivity index (χ1) is 32.9. The van der Waals surface area contributed by atoms with E-state index in [4.69, 9.17) is 20.9 Å². The summed E-state index contributed by atoms with van der Waals surface area (Å²) in [4.78, 5) is 8.81. The minimum Gasteiger partial charge on any atom is -0.399 e. The van der Waals surface area contributed by atoms with Crippen LogP contribution in [0.15, 0.2) is 182 Å². The molecule has 1 saturated heterocycles. The Morgan fingerprint density at radius 3 is 1.28 bits per heavy atom. The first-order valence-electron chi connectivity index (χ1n) is 24.3. The van der Waals surface area contributed by atoms with Gasteiger partial charge in [-0.2, -0.15) is 0 Å². The molecule has 8 aromatic rings. The van der Waals surface area contributed by atoms with E-state index in [9.17, 15) is 0 Å². The summed E-state index contributed by atoms with van der Waals surface area (Å²) in [7, 11) is -0.261. The number of hydrogen-bond acceptors (Lipinski definition) is 4. The van der Waals surface area contributed by atoms with Gasteiger partial charge in [0.15, 0.2) is 0 Å². The Morgan fingerprint density at radius 2 is 0.779 bits per heavy atom. The molecule has 1 fully saturated rings. The number of nitrogens with zero attached hydrogens (tertiary/aromatic N) is 2. The number of benzene rings is 6. The quantitative estimate of drug-likeness (QED) is 0.165. The molecule has 0 saturated carbocycles. The van der Waals surface area contributed by atoms with Crippen molar-refractivity contribution in [1.29, 1.82) is 0 Å². The molecule has 0 atom stereocenters. The molecule has 0 bridgehead atoms. The van der Waals surface area contributed by atoms with Gasteiger partial charge in [-0.15, -0.1) is 0 Å². The molecule has 1 aliphatic heterocycles. The third-order valence-corrected chi connectivity index (χ3v) is 15.9. The van der Waals surface area contributed by atoms with Gasteiger partial charge in [-0.05, 0) is 175 Å². The van der Waals surface area contributed by atoms with Crippen LogP contribution in [0.1, 0.15) is 72.2 Å². The topological polar surface area (TPSA) is 44.2 Å². The molecular weight excluding hydrogens is 851 g/mol. The Hall–Kier alpha value is -6.11. The predicted molar refractivity (Wildman–Crippen MR) is 279 cm³/mol. The monoisotopic (exact) mass is 908 g/mol. The highest BCUT2D eigenvalue weighted by molar-refractivity contribution is 6.62. The average Bonchev–Trinajstić information content (AvgIpc) is 4.15. The molecule has 2 aromatic heterocycles. The Morgan fingerprint density at radius 1 is 0.382 bits per heavy atom. The molecule has 338 valence electrons. The van der Waals surface area contributed by atoms with Gasteiger partial charge in [0.25, 0.3) is 0 Å². The fourth-order valence-corrected chi connectivity index (χ4v) is 11.7. The average molecular weight is 909 g/mol. The molecule has 0 radical (unpaired) electrons. The van der Waals surface area contributed by atoms with Crippen molar-refractivity contribution in [3.05, 3.63) is 232 Å². The van der Waals surface area contributed by atoms with Gasteiger partial charge in [0, 0.05) is 28.5 Å². The van der Waals surface area contributed by atoms with Crippen LogP contribution in [0.4, 0.5) is 0 Å². The highest BCUT2D eigenvalue weighted by Gasteiger charge is 2.52. The van der Waals surface area contributed by atoms with Gasteiger partial charge >= 0.3 is 7.12 Å².